The molecule has 1 atom stereocenters. The Balaban J connectivity index is 1.26. The molecule has 0 saturated heterocycles. The van der Waals surface area contributed by atoms with Gasteiger partial charge in [0.2, 0.25) is 0 Å². The van der Waals surface area contributed by atoms with Crippen molar-refractivity contribution in [1.29, 1.82) is 0 Å². The van der Waals surface area contributed by atoms with E-state index >= 15 is 0 Å². The van der Waals surface area contributed by atoms with Gasteiger partial charge in [-0.3, -0.25) is 0 Å². The first-order valence-corrected chi connectivity index (χ1v) is 16.5. The van der Waals surface area contributed by atoms with Crippen LogP contribution in [0, 0.1) is 0 Å². The molecule has 0 amide bonds. The van der Waals surface area contributed by atoms with Crippen LogP contribution in [0.3, 0.4) is 0 Å². The summed E-state index contributed by atoms with van der Waals surface area (Å²) in [4.78, 5) is 5.26. The molecule has 0 bridgehead atoms. The fourth-order valence-corrected chi connectivity index (χ4v) is 8.65. The van der Waals surface area contributed by atoms with Crippen molar-refractivity contribution >= 4 is 75.6 Å². The van der Waals surface area contributed by atoms with Crippen molar-refractivity contribution in [3.05, 3.63) is 168 Å². The van der Waals surface area contributed by atoms with Gasteiger partial charge in [-0.2, -0.15) is 0 Å². The Morgan fingerprint density at radius 3 is 2.26 bits per heavy atom. The molecule has 6 aromatic carbocycles. The maximum Gasteiger partial charge on any atom is 0.134 e. The average Bonchev–Trinajstić information content (AvgIpc) is 3.68. The fourth-order valence-electron chi connectivity index (χ4n) is 7.40. The minimum atomic E-state index is 0.0636. The van der Waals surface area contributed by atoms with Gasteiger partial charge >= 0.3 is 0 Å². The van der Waals surface area contributed by atoms with E-state index in [0.717, 1.165) is 28.3 Å². The molecule has 1 N–H and O–H groups in total. The highest BCUT2D eigenvalue weighted by Crippen LogP contribution is 2.47. The number of benzene rings is 6. The molecule has 4 heteroatoms. The lowest BCUT2D eigenvalue weighted by Gasteiger charge is -2.28. The van der Waals surface area contributed by atoms with Crippen molar-refractivity contribution < 1.29 is 0 Å². The highest BCUT2D eigenvalue weighted by atomic mass is 32.1. The minimum absolute atomic E-state index is 0.0636. The Kier molecular flexibility index (Phi) is 5.51. The predicted molar refractivity (Wildman–Crippen MR) is 196 cm³/mol. The average molecular weight is 606 g/mol. The van der Waals surface area contributed by atoms with E-state index in [1.54, 1.807) is 0 Å². The summed E-state index contributed by atoms with van der Waals surface area (Å²) in [7, 11) is 0. The van der Waals surface area contributed by atoms with Crippen LogP contribution in [-0.4, -0.2) is 16.4 Å². The van der Waals surface area contributed by atoms with Crippen molar-refractivity contribution in [1.82, 2.24) is 9.88 Å². The Bertz CT molecular complexity index is 2670. The summed E-state index contributed by atoms with van der Waals surface area (Å²) in [6.45, 7) is 0. The Morgan fingerprint density at radius 2 is 1.37 bits per heavy atom. The van der Waals surface area contributed by atoms with Gasteiger partial charge in [0, 0.05) is 64.1 Å². The van der Waals surface area contributed by atoms with E-state index in [1.165, 1.54) is 58.3 Å². The number of para-hydroxylation sites is 1. The second-order valence-electron chi connectivity index (χ2n) is 12.0. The van der Waals surface area contributed by atoms with Gasteiger partial charge in [-0.15, -0.1) is 11.3 Å². The first kappa shape index (κ1) is 25.6. The summed E-state index contributed by atoms with van der Waals surface area (Å²) < 4.78 is 5.14. The van der Waals surface area contributed by atoms with Crippen LogP contribution in [0.25, 0.3) is 64.1 Å². The topological polar surface area (TPSA) is 29.3 Å². The summed E-state index contributed by atoms with van der Waals surface area (Å²) in [6.07, 6.45) is 8.60. The normalized spacial score (nSPS) is 16.1. The fraction of sp³-hybridized carbons (Fsp3) is 0.0238. The summed E-state index contributed by atoms with van der Waals surface area (Å²) >= 11 is 1.90. The smallest absolute Gasteiger partial charge is 0.134 e. The van der Waals surface area contributed by atoms with Gasteiger partial charge in [0.25, 0.3) is 0 Å². The van der Waals surface area contributed by atoms with E-state index in [9.17, 15) is 0 Å². The SMILES string of the molecule is C1=CC2=C(c3ccccc3)N=C(c3cccc(-n4c5ccccc5c5c6c7ccccc7sc6c6ccccc6c54)c3)NC2C=C1. The van der Waals surface area contributed by atoms with Gasteiger partial charge in [0.15, 0.2) is 0 Å². The molecule has 0 saturated carbocycles. The zero-order chi connectivity index (χ0) is 30.2. The molecule has 46 heavy (non-hydrogen) atoms. The molecule has 1 aliphatic carbocycles. The molecular weight excluding hydrogens is 579 g/mol. The number of hydrogen-bond donors (Lipinski definition) is 1. The molecule has 0 radical (unpaired) electrons. The van der Waals surface area contributed by atoms with Crippen molar-refractivity contribution in [3.63, 3.8) is 0 Å². The second-order valence-corrected chi connectivity index (χ2v) is 13.0. The standard InChI is InChI=1S/C42H27N3S/c1-2-13-26(14-3-1)39-31-19-6-9-22-34(31)43-42(44-39)27-15-12-16-28(25-27)45-35-23-10-7-20-32(35)37-38-33-21-8-11-24-36(33)46-41(38)30-18-5-4-17-29(30)40(37)45/h1-25,34H,(H,43,44). The molecule has 0 fully saturated rings. The van der Waals surface area contributed by atoms with E-state index in [-0.39, 0.29) is 6.04 Å². The first-order valence-electron chi connectivity index (χ1n) is 15.7. The maximum atomic E-state index is 5.26. The van der Waals surface area contributed by atoms with Gasteiger partial charge in [-0.05, 0) is 24.3 Å². The zero-order valence-corrected chi connectivity index (χ0v) is 25.6. The van der Waals surface area contributed by atoms with E-state index in [0.29, 0.717) is 0 Å². The highest BCUT2D eigenvalue weighted by Gasteiger charge is 2.25. The molecular formula is C42H27N3S. The Morgan fingerprint density at radius 1 is 0.630 bits per heavy atom. The molecule has 0 spiro atoms. The number of allylic oxidation sites excluding steroid dienone is 2. The molecule has 8 aromatic rings. The van der Waals surface area contributed by atoms with Crippen LogP contribution in [0.4, 0.5) is 0 Å². The first-order chi connectivity index (χ1) is 22.8. The third-order valence-corrected chi connectivity index (χ3v) is 10.6. The Hall–Kier alpha value is -5.71. The molecule has 1 unspecified atom stereocenters. The van der Waals surface area contributed by atoms with Crippen LogP contribution in [0.2, 0.25) is 0 Å². The van der Waals surface area contributed by atoms with Crippen LogP contribution in [0.1, 0.15) is 11.1 Å². The number of aromatic nitrogens is 1. The number of nitrogens with one attached hydrogen (secondary N) is 1. The quantitative estimate of drug-likeness (QED) is 0.213. The number of rotatable bonds is 3. The van der Waals surface area contributed by atoms with Gasteiger partial charge in [0.1, 0.15) is 5.84 Å². The number of nitrogens with zero attached hydrogens (tertiary/aromatic N) is 2. The molecule has 3 nitrogen and oxygen atoms in total. The maximum absolute atomic E-state index is 5.26. The predicted octanol–water partition coefficient (Wildman–Crippen LogP) is 10.6. The van der Waals surface area contributed by atoms with Gasteiger partial charge < -0.3 is 9.88 Å². The lowest BCUT2D eigenvalue weighted by atomic mass is 9.94. The monoisotopic (exact) mass is 605 g/mol. The summed E-state index contributed by atoms with van der Waals surface area (Å²) in [5.41, 5.74) is 7.95. The van der Waals surface area contributed by atoms with E-state index < -0.39 is 0 Å². The lowest BCUT2D eigenvalue weighted by Crippen LogP contribution is -2.39. The van der Waals surface area contributed by atoms with Crippen LogP contribution < -0.4 is 5.32 Å². The summed E-state index contributed by atoms with van der Waals surface area (Å²) in [5.74, 6) is 0.881. The van der Waals surface area contributed by atoms with Crippen molar-refractivity contribution in [2.24, 2.45) is 4.99 Å². The van der Waals surface area contributed by atoms with Crippen LogP contribution in [0.15, 0.2) is 162 Å². The van der Waals surface area contributed by atoms with Gasteiger partial charge in [-0.25, -0.2) is 4.99 Å². The highest BCUT2D eigenvalue weighted by molar-refractivity contribution is 7.27. The minimum Gasteiger partial charge on any atom is -0.359 e. The van der Waals surface area contributed by atoms with Crippen LogP contribution >= 0.6 is 11.3 Å². The number of fused-ring (bicyclic) bond motifs is 11. The van der Waals surface area contributed by atoms with Crippen molar-refractivity contribution in [2.75, 3.05) is 0 Å². The molecule has 1 aliphatic heterocycles. The molecule has 3 heterocycles. The van der Waals surface area contributed by atoms with E-state index in [2.05, 4.69) is 162 Å². The largest absolute Gasteiger partial charge is 0.359 e. The Labute approximate surface area is 269 Å². The van der Waals surface area contributed by atoms with Crippen molar-refractivity contribution in [3.8, 4) is 5.69 Å². The molecule has 216 valence electrons. The van der Waals surface area contributed by atoms with E-state index in [1.807, 2.05) is 11.3 Å². The third-order valence-electron chi connectivity index (χ3n) is 9.39. The zero-order valence-electron chi connectivity index (χ0n) is 24.8. The molecule has 2 aliphatic rings. The number of hydrogen-bond acceptors (Lipinski definition) is 3. The summed E-state index contributed by atoms with van der Waals surface area (Å²) in [5, 5.41) is 11.6. The second kappa shape index (κ2) is 9.90. The molecule has 2 aromatic heterocycles. The molecule has 10 rings (SSSR count). The number of amidine groups is 1. The summed E-state index contributed by atoms with van der Waals surface area (Å²) in [6, 6.07) is 46.0. The lowest BCUT2D eigenvalue weighted by molar-refractivity contribution is 0.830. The van der Waals surface area contributed by atoms with Gasteiger partial charge in [0.05, 0.1) is 22.8 Å². The van der Waals surface area contributed by atoms with Crippen LogP contribution in [0.5, 0.6) is 0 Å². The van der Waals surface area contributed by atoms with Gasteiger partial charge in [-0.1, -0.05) is 127 Å². The van der Waals surface area contributed by atoms with Crippen molar-refractivity contribution in [2.45, 2.75) is 6.04 Å². The number of thiophene rings is 1. The third kappa shape index (κ3) is 3.68. The number of aliphatic imine (C=N–C) groups is 1. The van der Waals surface area contributed by atoms with E-state index in [4.69, 9.17) is 4.99 Å². The van der Waals surface area contributed by atoms with Crippen LogP contribution in [-0.2, 0) is 0 Å².